The molecule has 0 amide bonds. The molecule has 3 heteroatoms. The van der Waals surface area contributed by atoms with Gasteiger partial charge in [0.25, 0.3) is 0 Å². The largest absolute Gasteiger partial charge is 0.316 e. The van der Waals surface area contributed by atoms with E-state index in [-0.39, 0.29) is 5.82 Å². The number of nitrogens with one attached hydrogen (secondary N) is 1. The molecular formula is C18H25BrFN. The molecule has 2 saturated carbocycles. The maximum atomic E-state index is 13.6. The van der Waals surface area contributed by atoms with Gasteiger partial charge in [-0.05, 0) is 79.2 Å². The molecule has 0 radical (unpaired) electrons. The van der Waals surface area contributed by atoms with Gasteiger partial charge < -0.3 is 5.32 Å². The Morgan fingerprint density at radius 3 is 2.71 bits per heavy atom. The Bertz CT molecular complexity index is 504. The molecule has 0 aromatic heterocycles. The lowest BCUT2D eigenvalue weighted by Gasteiger charge is -2.32. The molecule has 21 heavy (non-hydrogen) atoms. The van der Waals surface area contributed by atoms with Crippen LogP contribution >= 0.6 is 15.9 Å². The van der Waals surface area contributed by atoms with Gasteiger partial charge in [0.15, 0.2) is 0 Å². The first-order valence-electron chi connectivity index (χ1n) is 8.12. The van der Waals surface area contributed by atoms with E-state index in [0.717, 1.165) is 41.4 Å². The van der Waals surface area contributed by atoms with Crippen LogP contribution in [-0.4, -0.2) is 13.1 Å². The van der Waals surface area contributed by atoms with E-state index in [1.165, 1.54) is 25.3 Å². The predicted molar refractivity (Wildman–Crippen MR) is 88.8 cm³/mol. The van der Waals surface area contributed by atoms with E-state index in [9.17, 15) is 4.39 Å². The third kappa shape index (κ3) is 3.68. The summed E-state index contributed by atoms with van der Waals surface area (Å²) in [6.45, 7) is 6.63. The number of halogens is 2. The summed E-state index contributed by atoms with van der Waals surface area (Å²) < 4.78 is 14.6. The molecule has 0 saturated heterocycles. The van der Waals surface area contributed by atoms with Crippen LogP contribution in [0.15, 0.2) is 22.7 Å². The zero-order valence-corrected chi connectivity index (χ0v) is 14.5. The van der Waals surface area contributed by atoms with Crippen molar-refractivity contribution < 1.29 is 4.39 Å². The number of fused-ring (bicyclic) bond motifs is 1. The smallest absolute Gasteiger partial charge is 0.123 e. The Balaban J connectivity index is 1.72. The second-order valence-electron chi connectivity index (χ2n) is 7.60. The molecule has 1 aromatic carbocycles. The van der Waals surface area contributed by atoms with Crippen molar-refractivity contribution in [3.63, 3.8) is 0 Å². The normalized spacial score (nSPS) is 30.7. The fourth-order valence-electron chi connectivity index (χ4n) is 4.07. The molecule has 1 N–H and O–H groups in total. The predicted octanol–water partition coefficient (Wildman–Crippen LogP) is 4.79. The molecule has 2 atom stereocenters. The summed E-state index contributed by atoms with van der Waals surface area (Å²) in [6, 6.07) is 5.08. The van der Waals surface area contributed by atoms with Crippen molar-refractivity contribution in [3.8, 4) is 0 Å². The maximum Gasteiger partial charge on any atom is 0.123 e. The van der Waals surface area contributed by atoms with Crippen LogP contribution in [0.4, 0.5) is 4.39 Å². The van der Waals surface area contributed by atoms with Crippen molar-refractivity contribution in [1.29, 1.82) is 0 Å². The number of benzene rings is 1. The number of rotatable bonds is 6. The summed E-state index contributed by atoms with van der Waals surface area (Å²) in [5.74, 6) is 2.44. The number of hydrogen-bond donors (Lipinski definition) is 1. The molecule has 0 aliphatic heterocycles. The highest BCUT2D eigenvalue weighted by atomic mass is 79.9. The van der Waals surface area contributed by atoms with Crippen LogP contribution in [0.5, 0.6) is 0 Å². The standard InChI is InChI=1S/C18H25BrFN/c1-12(2)10-21-11-18(7-13-5-14(13)8-18)9-15-6-16(20)3-4-17(15)19/h3-4,6,12-14,21H,5,7-11H2,1-2H3. The SMILES string of the molecule is CC(C)CNCC1(Cc2cc(F)ccc2Br)CC2CC2C1. The van der Waals surface area contributed by atoms with Crippen molar-refractivity contribution >= 4 is 15.9 Å². The van der Waals surface area contributed by atoms with Gasteiger partial charge in [-0.1, -0.05) is 29.8 Å². The van der Waals surface area contributed by atoms with Gasteiger partial charge in [-0.15, -0.1) is 0 Å². The Morgan fingerprint density at radius 1 is 1.33 bits per heavy atom. The minimum absolute atomic E-state index is 0.123. The lowest BCUT2D eigenvalue weighted by Crippen LogP contribution is -2.37. The lowest BCUT2D eigenvalue weighted by molar-refractivity contribution is 0.244. The molecule has 2 aliphatic rings. The van der Waals surface area contributed by atoms with Gasteiger partial charge in [-0.25, -0.2) is 4.39 Å². The van der Waals surface area contributed by atoms with Crippen LogP contribution < -0.4 is 5.32 Å². The summed E-state index contributed by atoms with van der Waals surface area (Å²) in [6.07, 6.45) is 5.04. The zero-order chi connectivity index (χ0) is 15.0. The molecule has 1 nitrogen and oxygen atoms in total. The van der Waals surface area contributed by atoms with E-state index >= 15 is 0 Å². The Morgan fingerprint density at radius 2 is 2.05 bits per heavy atom. The van der Waals surface area contributed by atoms with Crippen molar-refractivity contribution in [2.24, 2.45) is 23.2 Å². The zero-order valence-electron chi connectivity index (χ0n) is 13.0. The Kier molecular flexibility index (Phi) is 4.42. The van der Waals surface area contributed by atoms with Crippen molar-refractivity contribution in [2.45, 2.75) is 39.5 Å². The number of hydrogen-bond acceptors (Lipinski definition) is 1. The summed E-state index contributed by atoms with van der Waals surface area (Å²) >= 11 is 3.59. The van der Waals surface area contributed by atoms with Gasteiger partial charge in [0.05, 0.1) is 0 Å². The molecule has 2 aliphatic carbocycles. The van der Waals surface area contributed by atoms with Gasteiger partial charge in [0.2, 0.25) is 0 Å². The molecule has 0 heterocycles. The van der Waals surface area contributed by atoms with Crippen molar-refractivity contribution in [1.82, 2.24) is 5.32 Å². The second kappa shape index (κ2) is 6.00. The molecule has 2 fully saturated rings. The van der Waals surface area contributed by atoms with Crippen LogP contribution in [0.2, 0.25) is 0 Å². The molecule has 3 rings (SSSR count). The molecule has 116 valence electrons. The quantitative estimate of drug-likeness (QED) is 0.774. The Hall–Kier alpha value is -0.410. The van der Waals surface area contributed by atoms with Gasteiger partial charge in [0.1, 0.15) is 5.82 Å². The van der Waals surface area contributed by atoms with Crippen molar-refractivity contribution in [2.75, 3.05) is 13.1 Å². The van der Waals surface area contributed by atoms with E-state index in [4.69, 9.17) is 0 Å². The molecule has 2 unspecified atom stereocenters. The first kappa shape index (κ1) is 15.5. The lowest BCUT2D eigenvalue weighted by atomic mass is 9.77. The van der Waals surface area contributed by atoms with E-state index in [2.05, 4.69) is 35.1 Å². The first-order valence-corrected chi connectivity index (χ1v) is 8.91. The first-order chi connectivity index (χ1) is 9.97. The fraction of sp³-hybridized carbons (Fsp3) is 0.667. The van der Waals surface area contributed by atoms with Gasteiger partial charge in [0, 0.05) is 11.0 Å². The summed E-state index contributed by atoms with van der Waals surface area (Å²) in [4.78, 5) is 0. The topological polar surface area (TPSA) is 12.0 Å². The van der Waals surface area contributed by atoms with E-state index < -0.39 is 0 Å². The summed E-state index contributed by atoms with van der Waals surface area (Å²) in [5, 5.41) is 3.65. The molecule has 0 bridgehead atoms. The van der Waals surface area contributed by atoms with Gasteiger partial charge in [-0.2, -0.15) is 0 Å². The summed E-state index contributed by atoms with van der Waals surface area (Å²) in [5.41, 5.74) is 1.46. The third-order valence-electron chi connectivity index (χ3n) is 5.09. The van der Waals surface area contributed by atoms with E-state index in [1.54, 1.807) is 6.07 Å². The molecule has 1 aromatic rings. The van der Waals surface area contributed by atoms with Crippen LogP contribution in [-0.2, 0) is 6.42 Å². The second-order valence-corrected chi connectivity index (χ2v) is 8.46. The van der Waals surface area contributed by atoms with Gasteiger partial charge in [-0.3, -0.25) is 0 Å². The van der Waals surface area contributed by atoms with E-state index in [0.29, 0.717) is 11.3 Å². The third-order valence-corrected chi connectivity index (χ3v) is 5.86. The van der Waals surface area contributed by atoms with Gasteiger partial charge >= 0.3 is 0 Å². The molecular weight excluding hydrogens is 329 g/mol. The van der Waals surface area contributed by atoms with Crippen LogP contribution in [0, 0.1) is 29.0 Å². The van der Waals surface area contributed by atoms with Crippen LogP contribution in [0.1, 0.15) is 38.7 Å². The van der Waals surface area contributed by atoms with Crippen molar-refractivity contribution in [3.05, 3.63) is 34.1 Å². The Labute approximate surface area is 135 Å². The molecule has 0 spiro atoms. The highest BCUT2D eigenvalue weighted by Gasteiger charge is 2.53. The average Bonchev–Trinajstić information content (AvgIpc) is 3.02. The monoisotopic (exact) mass is 353 g/mol. The van der Waals surface area contributed by atoms with E-state index in [1.807, 2.05) is 6.07 Å². The average molecular weight is 354 g/mol. The maximum absolute atomic E-state index is 13.6. The minimum atomic E-state index is -0.123. The highest BCUT2D eigenvalue weighted by molar-refractivity contribution is 9.10. The fourth-order valence-corrected chi connectivity index (χ4v) is 4.45. The highest BCUT2D eigenvalue weighted by Crippen LogP contribution is 2.60. The van der Waals surface area contributed by atoms with Crippen LogP contribution in [0.25, 0.3) is 0 Å². The van der Waals surface area contributed by atoms with Crippen LogP contribution in [0.3, 0.4) is 0 Å². The summed E-state index contributed by atoms with van der Waals surface area (Å²) in [7, 11) is 0. The minimum Gasteiger partial charge on any atom is -0.316 e.